The molecule has 2 N–H and O–H groups in total. The molecule has 1 heterocycles. The van der Waals surface area contributed by atoms with Crippen molar-refractivity contribution in [1.29, 1.82) is 0 Å². The Balaban J connectivity index is 2.43. The van der Waals surface area contributed by atoms with Gasteiger partial charge in [-0.2, -0.15) is 0 Å². The number of ether oxygens (including phenoxy) is 1. The first-order valence-corrected chi connectivity index (χ1v) is 6.22. The summed E-state index contributed by atoms with van der Waals surface area (Å²) in [7, 11) is 1.47. The lowest BCUT2D eigenvalue weighted by Gasteiger charge is -2.23. The number of ketones is 1. The van der Waals surface area contributed by atoms with Crippen LogP contribution in [0.5, 0.6) is 5.88 Å². The van der Waals surface area contributed by atoms with Gasteiger partial charge in [0.2, 0.25) is 5.88 Å². The average Bonchev–Trinajstić information content (AvgIpc) is 2.46. The number of hydrogen-bond acceptors (Lipinski definition) is 5. The van der Waals surface area contributed by atoms with Gasteiger partial charge in [0.15, 0.2) is 11.5 Å². The molecule has 0 radical (unpaired) electrons. The highest BCUT2D eigenvalue weighted by molar-refractivity contribution is 6.03. The van der Waals surface area contributed by atoms with Crippen molar-refractivity contribution in [3.8, 4) is 5.88 Å². The lowest BCUT2D eigenvalue weighted by atomic mass is 9.79. The summed E-state index contributed by atoms with van der Waals surface area (Å²) in [5.41, 5.74) is 6.70. The molecule has 0 unspecified atom stereocenters. The van der Waals surface area contributed by atoms with Gasteiger partial charge in [0.1, 0.15) is 0 Å². The fraction of sp³-hybridized carbons (Fsp3) is 0.267. The number of aromatic nitrogens is 2. The number of nitrogens with two attached hydrogens (primary N) is 1. The average molecular weight is 271 g/mol. The third kappa shape index (κ3) is 2.47. The van der Waals surface area contributed by atoms with E-state index in [1.807, 2.05) is 26.0 Å². The zero-order chi connectivity index (χ0) is 14.8. The first-order valence-electron chi connectivity index (χ1n) is 6.22. The summed E-state index contributed by atoms with van der Waals surface area (Å²) < 4.78 is 5.10. The van der Waals surface area contributed by atoms with Gasteiger partial charge in [-0.25, -0.2) is 9.97 Å². The van der Waals surface area contributed by atoms with E-state index in [1.54, 1.807) is 12.1 Å². The van der Waals surface area contributed by atoms with E-state index in [9.17, 15) is 4.79 Å². The van der Waals surface area contributed by atoms with Crippen molar-refractivity contribution in [2.75, 3.05) is 12.8 Å². The summed E-state index contributed by atoms with van der Waals surface area (Å²) >= 11 is 0. The number of nitrogen functional groups attached to an aromatic ring is 1. The highest BCUT2D eigenvalue weighted by atomic mass is 16.5. The summed E-state index contributed by atoms with van der Waals surface area (Å²) in [6, 6.07) is 7.24. The maximum Gasteiger partial charge on any atom is 0.243 e. The van der Waals surface area contributed by atoms with Crippen molar-refractivity contribution in [1.82, 2.24) is 9.97 Å². The standard InChI is InChI=1S/C15H17N3O2/c1-15(2,10-4-6-11(16)7-5-10)13(19)12-14(20-3)18-9-8-17-12/h4-9H,16H2,1-3H3. The number of benzene rings is 1. The maximum atomic E-state index is 12.7. The summed E-state index contributed by atoms with van der Waals surface area (Å²) in [5, 5.41) is 0. The molecule has 0 aliphatic rings. The maximum absolute atomic E-state index is 12.7. The second kappa shape index (κ2) is 5.28. The van der Waals surface area contributed by atoms with Gasteiger partial charge in [-0.1, -0.05) is 12.1 Å². The second-order valence-corrected chi connectivity index (χ2v) is 4.99. The number of hydrogen-bond donors (Lipinski definition) is 1. The number of nitrogens with zero attached hydrogens (tertiary/aromatic N) is 2. The van der Waals surface area contributed by atoms with E-state index in [0.29, 0.717) is 5.69 Å². The Hall–Kier alpha value is -2.43. The van der Waals surface area contributed by atoms with Crippen molar-refractivity contribution >= 4 is 11.5 Å². The molecule has 5 heteroatoms. The van der Waals surface area contributed by atoms with Crippen molar-refractivity contribution in [3.05, 3.63) is 47.9 Å². The molecule has 2 aromatic rings. The molecular formula is C15H17N3O2. The van der Waals surface area contributed by atoms with Gasteiger partial charge < -0.3 is 10.5 Å². The van der Waals surface area contributed by atoms with Gasteiger partial charge in [-0.3, -0.25) is 4.79 Å². The van der Waals surface area contributed by atoms with Crippen LogP contribution in [0.25, 0.3) is 0 Å². The van der Waals surface area contributed by atoms with Crippen LogP contribution in [0.1, 0.15) is 29.9 Å². The smallest absolute Gasteiger partial charge is 0.243 e. The molecule has 0 saturated carbocycles. The summed E-state index contributed by atoms with van der Waals surface area (Å²) in [6.07, 6.45) is 2.97. The number of anilines is 1. The lowest BCUT2D eigenvalue weighted by molar-refractivity contribution is 0.0899. The fourth-order valence-electron chi connectivity index (χ4n) is 1.96. The van der Waals surface area contributed by atoms with Crippen LogP contribution in [-0.2, 0) is 5.41 Å². The van der Waals surface area contributed by atoms with E-state index >= 15 is 0 Å². The van der Waals surface area contributed by atoms with E-state index in [4.69, 9.17) is 10.5 Å². The van der Waals surface area contributed by atoms with Crippen LogP contribution in [0.2, 0.25) is 0 Å². The molecule has 5 nitrogen and oxygen atoms in total. The quantitative estimate of drug-likeness (QED) is 0.681. The highest BCUT2D eigenvalue weighted by Crippen LogP contribution is 2.29. The molecule has 0 fully saturated rings. The van der Waals surface area contributed by atoms with E-state index in [2.05, 4.69) is 9.97 Å². The van der Waals surface area contributed by atoms with E-state index in [0.717, 1.165) is 5.56 Å². The Kier molecular flexibility index (Phi) is 3.70. The Labute approximate surface area is 117 Å². The van der Waals surface area contributed by atoms with Crippen LogP contribution in [-0.4, -0.2) is 22.9 Å². The molecule has 0 amide bonds. The summed E-state index contributed by atoms with van der Waals surface area (Å²) in [4.78, 5) is 20.8. The number of Topliss-reactive ketones (excluding diaryl/α,β-unsaturated/α-hetero) is 1. The van der Waals surface area contributed by atoms with Gasteiger partial charge in [0, 0.05) is 18.1 Å². The van der Waals surface area contributed by atoms with E-state index in [-0.39, 0.29) is 17.4 Å². The lowest BCUT2D eigenvalue weighted by Crippen LogP contribution is -2.30. The van der Waals surface area contributed by atoms with Crippen LogP contribution in [0, 0.1) is 0 Å². The normalized spacial score (nSPS) is 11.2. The Morgan fingerprint density at radius 1 is 1.15 bits per heavy atom. The number of rotatable bonds is 4. The van der Waals surface area contributed by atoms with Crippen LogP contribution in [0.15, 0.2) is 36.7 Å². The molecule has 1 aromatic carbocycles. The largest absolute Gasteiger partial charge is 0.479 e. The number of methoxy groups -OCH3 is 1. The summed E-state index contributed by atoms with van der Waals surface area (Å²) in [6.45, 7) is 3.68. The SMILES string of the molecule is COc1nccnc1C(=O)C(C)(C)c1ccc(N)cc1. The molecule has 0 aliphatic carbocycles. The minimum Gasteiger partial charge on any atom is -0.479 e. The minimum absolute atomic E-state index is 0.146. The first kappa shape index (κ1) is 14.0. The van der Waals surface area contributed by atoms with Crippen molar-refractivity contribution in [2.24, 2.45) is 0 Å². The molecule has 1 aromatic heterocycles. The van der Waals surface area contributed by atoms with E-state index < -0.39 is 5.41 Å². The van der Waals surface area contributed by atoms with Crippen LogP contribution in [0.4, 0.5) is 5.69 Å². The first-order chi connectivity index (χ1) is 9.46. The van der Waals surface area contributed by atoms with Crippen LogP contribution in [0.3, 0.4) is 0 Å². The molecule has 0 atom stereocenters. The molecule has 104 valence electrons. The molecule has 2 rings (SSSR count). The molecule has 0 spiro atoms. The predicted molar refractivity (Wildman–Crippen MR) is 76.8 cm³/mol. The fourth-order valence-corrected chi connectivity index (χ4v) is 1.96. The molecule has 0 bridgehead atoms. The molecular weight excluding hydrogens is 254 g/mol. The zero-order valence-corrected chi connectivity index (χ0v) is 11.8. The molecule has 0 aliphatic heterocycles. The van der Waals surface area contributed by atoms with Gasteiger partial charge in [-0.05, 0) is 31.5 Å². The summed E-state index contributed by atoms with van der Waals surface area (Å²) in [5.74, 6) is 0.0910. The van der Waals surface area contributed by atoms with Crippen molar-refractivity contribution in [3.63, 3.8) is 0 Å². The zero-order valence-electron chi connectivity index (χ0n) is 11.8. The second-order valence-electron chi connectivity index (χ2n) is 4.99. The third-order valence-corrected chi connectivity index (χ3v) is 3.27. The predicted octanol–water partition coefficient (Wildman–Crippen LogP) is 2.23. The van der Waals surface area contributed by atoms with Gasteiger partial charge in [0.05, 0.1) is 12.5 Å². The monoisotopic (exact) mass is 271 g/mol. The number of carbonyl (C=O) groups is 1. The van der Waals surface area contributed by atoms with E-state index in [1.165, 1.54) is 19.5 Å². The third-order valence-electron chi connectivity index (χ3n) is 3.27. The topological polar surface area (TPSA) is 78.1 Å². The Bertz CT molecular complexity index is 621. The molecule has 20 heavy (non-hydrogen) atoms. The van der Waals surface area contributed by atoms with Gasteiger partial charge in [0.25, 0.3) is 0 Å². The molecule has 0 saturated heterocycles. The highest BCUT2D eigenvalue weighted by Gasteiger charge is 2.33. The van der Waals surface area contributed by atoms with Gasteiger partial charge in [-0.15, -0.1) is 0 Å². The minimum atomic E-state index is -0.739. The van der Waals surface area contributed by atoms with Gasteiger partial charge >= 0.3 is 0 Å². The number of carbonyl (C=O) groups excluding carboxylic acids is 1. The van der Waals surface area contributed by atoms with Crippen molar-refractivity contribution in [2.45, 2.75) is 19.3 Å². The Morgan fingerprint density at radius 3 is 2.35 bits per heavy atom. The van der Waals surface area contributed by atoms with Crippen LogP contribution < -0.4 is 10.5 Å². The van der Waals surface area contributed by atoms with Crippen molar-refractivity contribution < 1.29 is 9.53 Å². The Morgan fingerprint density at radius 2 is 1.75 bits per heavy atom. The van der Waals surface area contributed by atoms with Crippen LogP contribution >= 0.6 is 0 Å².